The van der Waals surface area contributed by atoms with Gasteiger partial charge in [-0.15, -0.1) is 0 Å². The molecule has 1 aromatic carbocycles. The van der Waals surface area contributed by atoms with E-state index in [9.17, 15) is 8.42 Å². The number of amidine groups is 1. The van der Waals surface area contributed by atoms with Crippen LogP contribution in [0.5, 0.6) is 0 Å². The van der Waals surface area contributed by atoms with Crippen LogP contribution in [-0.4, -0.2) is 18.0 Å². The van der Waals surface area contributed by atoms with Crippen LogP contribution >= 0.6 is 11.9 Å². The molecule has 21 heavy (non-hydrogen) atoms. The molecular formula is C14H19N3O2S2. The number of rotatable bonds is 2. The quantitative estimate of drug-likeness (QED) is 0.848. The number of benzene rings is 1. The van der Waals surface area contributed by atoms with Gasteiger partial charge in [-0.3, -0.25) is 0 Å². The van der Waals surface area contributed by atoms with Crippen LogP contribution in [0.2, 0.25) is 0 Å². The lowest BCUT2D eigenvalue weighted by Gasteiger charge is -2.27. The van der Waals surface area contributed by atoms with E-state index in [1.54, 1.807) is 6.92 Å². The Kier molecular flexibility index (Phi) is 3.98. The molecule has 0 radical (unpaired) electrons. The third-order valence-electron chi connectivity index (χ3n) is 4.02. The van der Waals surface area contributed by atoms with Crippen molar-refractivity contribution in [3.8, 4) is 0 Å². The molecule has 5 nitrogen and oxygen atoms in total. The van der Waals surface area contributed by atoms with Gasteiger partial charge >= 0.3 is 10.2 Å². The summed E-state index contributed by atoms with van der Waals surface area (Å²) in [6.45, 7) is 1.65. The lowest BCUT2D eigenvalue weighted by atomic mass is 9.84. The Bertz CT molecular complexity index is 679. The first-order valence-electron chi connectivity index (χ1n) is 7.15. The van der Waals surface area contributed by atoms with Gasteiger partial charge in [0.25, 0.3) is 0 Å². The number of nitrogens with two attached hydrogens (primary N) is 1. The fourth-order valence-corrected chi connectivity index (χ4v) is 4.81. The topological polar surface area (TPSA) is 75.8 Å². The summed E-state index contributed by atoms with van der Waals surface area (Å²) in [4.78, 5) is 5.20. The fourth-order valence-electron chi connectivity index (χ4n) is 2.99. The van der Waals surface area contributed by atoms with Crippen LogP contribution in [0.15, 0.2) is 28.1 Å². The molecule has 0 bridgehead atoms. The molecule has 0 aromatic heterocycles. The van der Waals surface area contributed by atoms with Crippen LogP contribution in [0, 0.1) is 0 Å². The molecule has 0 unspecified atom stereocenters. The zero-order valence-corrected chi connectivity index (χ0v) is 13.6. The molecular weight excluding hydrogens is 306 g/mol. The smallest absolute Gasteiger partial charge is 0.233 e. The van der Waals surface area contributed by atoms with Crippen molar-refractivity contribution < 1.29 is 8.42 Å². The molecule has 1 aliphatic heterocycles. The second-order valence-corrected chi connectivity index (χ2v) is 8.20. The Morgan fingerprint density at radius 3 is 2.67 bits per heavy atom. The zero-order chi connectivity index (χ0) is 15.0. The third kappa shape index (κ3) is 3.09. The average Bonchev–Trinajstić information content (AvgIpc) is 2.46. The lowest BCUT2D eigenvalue weighted by Crippen LogP contribution is -2.35. The molecule has 2 N–H and O–H groups in total. The van der Waals surface area contributed by atoms with Crippen LogP contribution in [-0.2, 0) is 10.2 Å². The van der Waals surface area contributed by atoms with Gasteiger partial charge in [0.15, 0.2) is 0 Å². The first-order chi connectivity index (χ1) is 9.95. The van der Waals surface area contributed by atoms with Gasteiger partial charge in [-0.1, -0.05) is 25.3 Å². The second kappa shape index (κ2) is 5.62. The van der Waals surface area contributed by atoms with E-state index in [0.29, 0.717) is 11.8 Å². The molecule has 1 heterocycles. The third-order valence-corrected chi connectivity index (χ3v) is 6.55. The summed E-state index contributed by atoms with van der Waals surface area (Å²) < 4.78 is 24.3. The van der Waals surface area contributed by atoms with E-state index >= 15 is 0 Å². The first kappa shape index (κ1) is 14.9. The van der Waals surface area contributed by atoms with E-state index < -0.39 is 10.2 Å². The maximum atomic E-state index is 11.6. The highest BCUT2D eigenvalue weighted by Crippen LogP contribution is 2.41. The van der Waals surface area contributed by atoms with Crippen molar-refractivity contribution in [3.63, 3.8) is 0 Å². The minimum atomic E-state index is -3.79. The molecule has 1 fully saturated rings. The van der Waals surface area contributed by atoms with Gasteiger partial charge < -0.3 is 0 Å². The highest BCUT2D eigenvalue weighted by atomic mass is 32.3. The van der Waals surface area contributed by atoms with E-state index in [1.807, 2.05) is 6.07 Å². The lowest BCUT2D eigenvalue weighted by molar-refractivity contribution is 0.443. The Labute approximate surface area is 129 Å². The Morgan fingerprint density at radius 1 is 1.29 bits per heavy atom. The van der Waals surface area contributed by atoms with E-state index in [-0.39, 0.29) is 0 Å². The minimum Gasteiger partial charge on any atom is -0.233 e. The second-order valence-electron chi connectivity index (χ2n) is 5.58. The molecule has 1 saturated carbocycles. The SMILES string of the molecule is CC1=Nc2ccc(C3CCCCC3)cc2SN1S(N)(=O)=O. The Morgan fingerprint density at radius 2 is 2.00 bits per heavy atom. The highest BCUT2D eigenvalue weighted by molar-refractivity contribution is 8.08. The van der Waals surface area contributed by atoms with Crippen LogP contribution in [0.25, 0.3) is 0 Å². The summed E-state index contributed by atoms with van der Waals surface area (Å²) in [6.07, 6.45) is 6.29. The summed E-state index contributed by atoms with van der Waals surface area (Å²) >= 11 is 1.14. The van der Waals surface area contributed by atoms with Gasteiger partial charge in [-0.25, -0.2) is 10.1 Å². The van der Waals surface area contributed by atoms with Crippen molar-refractivity contribution in [3.05, 3.63) is 23.8 Å². The predicted molar refractivity (Wildman–Crippen MR) is 85.8 cm³/mol. The highest BCUT2D eigenvalue weighted by Gasteiger charge is 2.27. The normalized spacial score (nSPS) is 20.1. The van der Waals surface area contributed by atoms with E-state index in [4.69, 9.17) is 5.14 Å². The van der Waals surface area contributed by atoms with E-state index in [2.05, 4.69) is 17.1 Å². The van der Waals surface area contributed by atoms with Gasteiger partial charge in [0.05, 0.1) is 10.6 Å². The Hall–Kier alpha value is -1.05. The van der Waals surface area contributed by atoms with Crippen molar-refractivity contribution in [2.24, 2.45) is 10.1 Å². The van der Waals surface area contributed by atoms with Gasteiger partial charge in [0.2, 0.25) is 0 Å². The van der Waals surface area contributed by atoms with E-state index in [0.717, 1.165) is 26.2 Å². The average molecular weight is 325 g/mol. The molecule has 1 aromatic rings. The van der Waals surface area contributed by atoms with Crippen LogP contribution in [0.3, 0.4) is 0 Å². The molecule has 0 atom stereocenters. The number of hydrogen-bond donors (Lipinski definition) is 1. The molecule has 1 aliphatic carbocycles. The van der Waals surface area contributed by atoms with Crippen molar-refractivity contribution in [1.29, 1.82) is 0 Å². The van der Waals surface area contributed by atoms with E-state index in [1.165, 1.54) is 37.7 Å². The summed E-state index contributed by atoms with van der Waals surface area (Å²) in [5, 5.41) is 5.24. The van der Waals surface area contributed by atoms with Gasteiger partial charge in [-0.2, -0.15) is 12.1 Å². The number of nitrogens with zero attached hydrogens (tertiary/aromatic N) is 2. The number of aliphatic imine (C=N–C) groups is 1. The molecule has 7 heteroatoms. The van der Waals surface area contributed by atoms with Gasteiger partial charge in [-0.05, 0) is 43.4 Å². The Balaban J connectivity index is 1.93. The van der Waals surface area contributed by atoms with Gasteiger partial charge in [0.1, 0.15) is 5.84 Å². The zero-order valence-electron chi connectivity index (χ0n) is 11.9. The van der Waals surface area contributed by atoms with Crippen molar-refractivity contribution in [1.82, 2.24) is 3.71 Å². The molecule has 0 saturated heterocycles. The minimum absolute atomic E-state index is 0.389. The monoisotopic (exact) mass is 325 g/mol. The fraction of sp³-hybridized carbons (Fsp3) is 0.500. The summed E-state index contributed by atoms with van der Waals surface area (Å²) in [5.41, 5.74) is 2.10. The summed E-state index contributed by atoms with van der Waals surface area (Å²) in [6, 6.07) is 6.18. The predicted octanol–water partition coefficient (Wildman–Crippen LogP) is 3.31. The standard InChI is InChI=1S/C14H19N3O2S2/c1-10-16-13-8-7-12(11-5-3-2-4-6-11)9-14(13)20-17(10)21(15,18)19/h7-9,11H,2-6H2,1H3,(H2,15,18,19). The summed E-state index contributed by atoms with van der Waals surface area (Å²) in [5.74, 6) is 0.972. The van der Waals surface area contributed by atoms with Gasteiger partial charge in [0, 0.05) is 11.9 Å². The number of hydrogen-bond acceptors (Lipinski definition) is 4. The molecule has 2 aliphatic rings. The summed E-state index contributed by atoms with van der Waals surface area (Å²) in [7, 11) is -3.79. The largest absolute Gasteiger partial charge is 0.309 e. The molecule has 114 valence electrons. The number of fused-ring (bicyclic) bond motifs is 1. The van der Waals surface area contributed by atoms with Crippen molar-refractivity contribution >= 4 is 33.7 Å². The first-order valence-corrected chi connectivity index (χ1v) is 9.43. The van der Waals surface area contributed by atoms with Crippen LogP contribution in [0.1, 0.15) is 50.5 Å². The van der Waals surface area contributed by atoms with Crippen molar-refractivity contribution in [2.75, 3.05) is 0 Å². The molecule has 3 rings (SSSR count). The maximum Gasteiger partial charge on any atom is 0.309 e. The molecule has 0 spiro atoms. The van der Waals surface area contributed by atoms with Crippen LogP contribution < -0.4 is 5.14 Å². The van der Waals surface area contributed by atoms with Crippen molar-refractivity contribution in [2.45, 2.75) is 49.8 Å². The molecule has 0 amide bonds. The maximum absolute atomic E-state index is 11.6. The van der Waals surface area contributed by atoms with Crippen LogP contribution in [0.4, 0.5) is 5.69 Å².